The highest BCUT2D eigenvalue weighted by Crippen LogP contribution is 2.57. The van der Waals surface area contributed by atoms with Gasteiger partial charge in [0.15, 0.2) is 0 Å². The number of nitrogens with zero attached hydrogens (tertiary/aromatic N) is 1. The first-order valence-electron chi connectivity index (χ1n) is 12.9. The highest BCUT2D eigenvalue weighted by molar-refractivity contribution is 6.03. The number of benzene rings is 1. The molecule has 1 spiro atoms. The van der Waals surface area contributed by atoms with Crippen LogP contribution in [0.4, 0.5) is 5.69 Å². The van der Waals surface area contributed by atoms with Gasteiger partial charge in [-0.2, -0.15) is 0 Å². The number of fused-ring (bicyclic) bond motifs is 1. The quantitative estimate of drug-likeness (QED) is 0.612. The molecule has 2 saturated carbocycles. The summed E-state index contributed by atoms with van der Waals surface area (Å²) in [6.07, 6.45) is 9.32. The molecule has 0 aromatic heterocycles. The Morgan fingerprint density at radius 2 is 1.94 bits per heavy atom. The lowest BCUT2D eigenvalue weighted by Crippen LogP contribution is -2.57. The third-order valence-corrected chi connectivity index (χ3v) is 8.58. The van der Waals surface area contributed by atoms with Gasteiger partial charge in [0.2, 0.25) is 17.7 Å². The molecule has 2 bridgehead atoms. The molecule has 1 aromatic carbocycles. The highest BCUT2D eigenvalue weighted by atomic mass is 16.5. The first kappa shape index (κ1) is 22.6. The van der Waals surface area contributed by atoms with E-state index in [1.807, 2.05) is 12.2 Å². The molecule has 3 amide bonds. The summed E-state index contributed by atoms with van der Waals surface area (Å²) in [5, 5.41) is 6.21. The molecule has 8 heteroatoms. The predicted molar refractivity (Wildman–Crippen MR) is 129 cm³/mol. The van der Waals surface area contributed by atoms with E-state index in [9.17, 15) is 14.4 Å². The van der Waals surface area contributed by atoms with Crippen LogP contribution in [0.2, 0.25) is 0 Å². The van der Waals surface area contributed by atoms with Gasteiger partial charge in [0.1, 0.15) is 17.4 Å². The van der Waals surface area contributed by atoms with Gasteiger partial charge in [0, 0.05) is 23.8 Å². The molecule has 0 radical (unpaired) electrons. The second-order valence-electron chi connectivity index (χ2n) is 10.8. The zero-order valence-electron chi connectivity index (χ0n) is 20.2. The fourth-order valence-corrected chi connectivity index (χ4v) is 6.67. The van der Waals surface area contributed by atoms with Crippen molar-refractivity contribution in [3.05, 3.63) is 36.4 Å². The SMILES string of the molecule is COc1cccc(NC(=O)[C@H]2[C@H]3C=C[C@@]4(O3)[C@H]2C(=O)N(C2CC2)[C@@H]4C(=O)N[C@@H]2CCCC[C@@H]2C)c1. The lowest BCUT2D eigenvalue weighted by molar-refractivity contribution is -0.142. The molecular weight excluding hydrogens is 446 g/mol. The van der Waals surface area contributed by atoms with Gasteiger partial charge < -0.3 is 25.0 Å². The first-order valence-corrected chi connectivity index (χ1v) is 12.9. The Morgan fingerprint density at radius 1 is 1.14 bits per heavy atom. The van der Waals surface area contributed by atoms with E-state index < -0.39 is 29.6 Å². The largest absolute Gasteiger partial charge is 0.497 e. The molecule has 4 fully saturated rings. The first-order chi connectivity index (χ1) is 16.9. The molecule has 2 N–H and O–H groups in total. The number of anilines is 1. The third-order valence-electron chi connectivity index (χ3n) is 8.58. The van der Waals surface area contributed by atoms with Crippen molar-refractivity contribution in [2.75, 3.05) is 12.4 Å². The molecule has 0 unspecified atom stereocenters. The Bertz CT molecular complexity index is 1080. The monoisotopic (exact) mass is 479 g/mol. The molecule has 3 aliphatic heterocycles. The smallest absolute Gasteiger partial charge is 0.246 e. The number of carbonyl (C=O) groups is 3. The molecule has 2 saturated heterocycles. The summed E-state index contributed by atoms with van der Waals surface area (Å²) < 4.78 is 11.7. The van der Waals surface area contributed by atoms with Crippen LogP contribution in [-0.2, 0) is 19.1 Å². The van der Waals surface area contributed by atoms with Crippen LogP contribution in [0.25, 0.3) is 0 Å². The Hall–Kier alpha value is -2.87. The van der Waals surface area contributed by atoms with E-state index in [2.05, 4.69) is 17.6 Å². The second-order valence-corrected chi connectivity index (χ2v) is 10.8. The Labute approximate surface area is 205 Å². The minimum absolute atomic E-state index is 0.0418. The normalized spacial score (nSPS) is 37.3. The van der Waals surface area contributed by atoms with Gasteiger partial charge in [0.05, 0.1) is 25.0 Å². The lowest BCUT2D eigenvalue weighted by Gasteiger charge is -2.36. The van der Waals surface area contributed by atoms with E-state index in [1.54, 1.807) is 36.3 Å². The number of rotatable bonds is 6. The standard InChI is InChI=1S/C27H33N3O5/c1-15-6-3-4-9-19(15)29-25(32)23-27-13-12-20(35-27)21(22(27)26(33)30(23)17-10-11-17)24(31)28-16-7-5-8-18(14-16)34-2/h5,7-8,12-15,17,19-23H,3-4,6,9-11H2,1-2H3,(H,28,31)(H,29,32)/t15-,19+,20+,21-,22+,23+,27+/m0/s1. The summed E-state index contributed by atoms with van der Waals surface area (Å²) in [5.74, 6) is -0.910. The average Bonchev–Trinajstić information content (AvgIpc) is 3.44. The number of methoxy groups -OCH3 is 1. The lowest BCUT2D eigenvalue weighted by atomic mass is 9.74. The zero-order chi connectivity index (χ0) is 24.3. The van der Waals surface area contributed by atoms with Crippen LogP contribution in [0, 0.1) is 17.8 Å². The number of likely N-dealkylation sites (tertiary alicyclic amines) is 1. The Kier molecular flexibility index (Phi) is 5.40. The average molecular weight is 480 g/mol. The summed E-state index contributed by atoms with van der Waals surface area (Å²) in [6, 6.07) is 6.55. The summed E-state index contributed by atoms with van der Waals surface area (Å²) in [4.78, 5) is 42.8. The number of ether oxygens (including phenoxy) is 2. The molecule has 2 aliphatic carbocycles. The van der Waals surface area contributed by atoms with Crippen LogP contribution in [0.15, 0.2) is 36.4 Å². The van der Waals surface area contributed by atoms with E-state index in [0.29, 0.717) is 17.4 Å². The van der Waals surface area contributed by atoms with Crippen molar-refractivity contribution in [2.45, 2.75) is 75.3 Å². The van der Waals surface area contributed by atoms with Crippen LogP contribution in [0.1, 0.15) is 45.4 Å². The van der Waals surface area contributed by atoms with Crippen molar-refractivity contribution >= 4 is 23.4 Å². The van der Waals surface area contributed by atoms with Gasteiger partial charge >= 0.3 is 0 Å². The maximum atomic E-state index is 13.8. The number of hydrogen-bond acceptors (Lipinski definition) is 5. The van der Waals surface area contributed by atoms with Crippen molar-refractivity contribution in [3.8, 4) is 5.75 Å². The van der Waals surface area contributed by atoms with Crippen LogP contribution in [0.3, 0.4) is 0 Å². The van der Waals surface area contributed by atoms with Gasteiger partial charge in [-0.3, -0.25) is 14.4 Å². The highest BCUT2D eigenvalue weighted by Gasteiger charge is 2.74. The van der Waals surface area contributed by atoms with Gasteiger partial charge in [-0.05, 0) is 43.7 Å². The summed E-state index contributed by atoms with van der Waals surface area (Å²) in [7, 11) is 1.57. The molecule has 186 valence electrons. The summed E-state index contributed by atoms with van der Waals surface area (Å²) in [6.45, 7) is 2.18. The number of amides is 3. The Morgan fingerprint density at radius 3 is 2.69 bits per heavy atom. The van der Waals surface area contributed by atoms with Crippen molar-refractivity contribution in [1.82, 2.24) is 10.2 Å². The van der Waals surface area contributed by atoms with E-state index >= 15 is 0 Å². The number of hydrogen-bond donors (Lipinski definition) is 2. The van der Waals surface area contributed by atoms with E-state index in [1.165, 1.54) is 6.42 Å². The minimum Gasteiger partial charge on any atom is -0.497 e. The van der Waals surface area contributed by atoms with Crippen LogP contribution in [-0.4, -0.2) is 59.6 Å². The van der Waals surface area contributed by atoms with Crippen LogP contribution < -0.4 is 15.4 Å². The van der Waals surface area contributed by atoms with Crippen molar-refractivity contribution in [1.29, 1.82) is 0 Å². The van der Waals surface area contributed by atoms with Crippen LogP contribution >= 0.6 is 0 Å². The maximum absolute atomic E-state index is 13.8. The molecular formula is C27H33N3O5. The summed E-state index contributed by atoms with van der Waals surface area (Å²) in [5.41, 5.74) is -0.497. The fourth-order valence-electron chi connectivity index (χ4n) is 6.67. The molecule has 8 nitrogen and oxygen atoms in total. The molecule has 3 heterocycles. The zero-order valence-corrected chi connectivity index (χ0v) is 20.2. The fraction of sp³-hybridized carbons (Fsp3) is 0.593. The summed E-state index contributed by atoms with van der Waals surface area (Å²) >= 11 is 0. The molecule has 7 atom stereocenters. The van der Waals surface area contributed by atoms with Gasteiger partial charge in [-0.1, -0.05) is 38.0 Å². The molecule has 35 heavy (non-hydrogen) atoms. The molecule has 1 aromatic rings. The van der Waals surface area contributed by atoms with E-state index in [-0.39, 0.29) is 29.8 Å². The minimum atomic E-state index is -1.09. The van der Waals surface area contributed by atoms with Crippen molar-refractivity contribution < 1.29 is 23.9 Å². The van der Waals surface area contributed by atoms with Gasteiger partial charge in [0.25, 0.3) is 0 Å². The van der Waals surface area contributed by atoms with Crippen molar-refractivity contribution in [3.63, 3.8) is 0 Å². The maximum Gasteiger partial charge on any atom is 0.246 e. The Balaban J connectivity index is 1.28. The number of carbonyl (C=O) groups excluding carboxylic acids is 3. The topological polar surface area (TPSA) is 97.0 Å². The van der Waals surface area contributed by atoms with E-state index in [0.717, 1.165) is 32.1 Å². The third kappa shape index (κ3) is 3.56. The number of nitrogens with one attached hydrogen (secondary N) is 2. The molecule has 6 rings (SSSR count). The van der Waals surface area contributed by atoms with Gasteiger partial charge in [-0.25, -0.2) is 0 Å². The van der Waals surface area contributed by atoms with Crippen LogP contribution in [0.5, 0.6) is 5.75 Å². The van der Waals surface area contributed by atoms with E-state index in [4.69, 9.17) is 9.47 Å². The van der Waals surface area contributed by atoms with Gasteiger partial charge in [-0.15, -0.1) is 0 Å². The predicted octanol–water partition coefficient (Wildman–Crippen LogP) is 2.64. The second kappa shape index (κ2) is 8.36. The molecule has 5 aliphatic rings. The van der Waals surface area contributed by atoms with Crippen molar-refractivity contribution in [2.24, 2.45) is 17.8 Å².